The van der Waals surface area contributed by atoms with Crippen LogP contribution in [0.15, 0.2) is 66.7 Å². The minimum atomic E-state index is -0.420. The van der Waals surface area contributed by atoms with Gasteiger partial charge >= 0.3 is 6.03 Å². The average Bonchev–Trinajstić information content (AvgIpc) is 3.48. The fourth-order valence-corrected chi connectivity index (χ4v) is 5.07. The summed E-state index contributed by atoms with van der Waals surface area (Å²) < 4.78 is 13.3. The third kappa shape index (κ3) is 6.31. The third-order valence-electron chi connectivity index (χ3n) is 6.97. The van der Waals surface area contributed by atoms with Crippen LogP contribution in [0.4, 0.5) is 26.2 Å². The van der Waals surface area contributed by atoms with Gasteiger partial charge in [0.25, 0.3) is 11.8 Å². The van der Waals surface area contributed by atoms with E-state index < -0.39 is 5.82 Å². The molecular formula is C29H29ClFN5O3. The van der Waals surface area contributed by atoms with Crippen LogP contribution in [0.5, 0.6) is 0 Å². The first-order valence-corrected chi connectivity index (χ1v) is 13.3. The lowest BCUT2D eigenvalue weighted by Gasteiger charge is -2.37. The standard InChI is InChI=1S/C29H29ClFN5O3/c30-21-4-3-5-23(18-21)33-29(39)36-16-14-34(15-17-36)26-11-10-24(19-25(26)28(38)35-12-1-2-13-35)32-27(37)20-6-8-22(31)9-7-20/h3-11,18-19H,1-2,12-17H2,(H,32,37)(H,33,39). The van der Waals surface area contributed by atoms with E-state index in [0.29, 0.717) is 66.8 Å². The first-order chi connectivity index (χ1) is 18.9. The first kappa shape index (κ1) is 26.5. The molecule has 2 saturated heterocycles. The number of nitrogens with zero attached hydrogens (tertiary/aromatic N) is 3. The van der Waals surface area contributed by atoms with Crippen molar-refractivity contribution in [3.05, 3.63) is 88.7 Å². The van der Waals surface area contributed by atoms with E-state index in [0.717, 1.165) is 18.5 Å². The van der Waals surface area contributed by atoms with E-state index >= 15 is 0 Å². The zero-order chi connectivity index (χ0) is 27.4. The Morgan fingerprint density at radius 2 is 1.44 bits per heavy atom. The molecule has 2 fully saturated rings. The molecule has 5 rings (SSSR count). The number of likely N-dealkylation sites (tertiary alicyclic amines) is 1. The van der Waals surface area contributed by atoms with Gasteiger partial charge in [-0.1, -0.05) is 17.7 Å². The Kier molecular flexibility index (Phi) is 7.97. The Balaban J connectivity index is 1.31. The normalized spacial score (nSPS) is 15.3. The van der Waals surface area contributed by atoms with Crippen LogP contribution < -0.4 is 15.5 Å². The molecule has 39 heavy (non-hydrogen) atoms. The molecule has 0 radical (unpaired) electrons. The van der Waals surface area contributed by atoms with E-state index in [1.807, 2.05) is 11.0 Å². The van der Waals surface area contributed by atoms with Crippen LogP contribution in [0.1, 0.15) is 33.6 Å². The quantitative estimate of drug-likeness (QED) is 0.451. The van der Waals surface area contributed by atoms with Gasteiger partial charge in [0.15, 0.2) is 0 Å². The molecule has 8 nitrogen and oxygen atoms in total. The zero-order valence-corrected chi connectivity index (χ0v) is 22.1. The SMILES string of the molecule is O=C(Nc1ccc(N2CCN(C(=O)Nc3cccc(Cl)c3)CC2)c(C(=O)N2CCCC2)c1)c1ccc(F)cc1. The molecule has 0 unspecified atom stereocenters. The predicted molar refractivity (Wildman–Crippen MR) is 150 cm³/mol. The lowest BCUT2D eigenvalue weighted by molar-refractivity contribution is 0.0792. The maximum Gasteiger partial charge on any atom is 0.321 e. The molecular weight excluding hydrogens is 521 g/mol. The second-order valence-electron chi connectivity index (χ2n) is 9.61. The number of nitrogens with one attached hydrogen (secondary N) is 2. The molecule has 10 heteroatoms. The second-order valence-corrected chi connectivity index (χ2v) is 10.0. The average molecular weight is 550 g/mol. The molecule has 4 amide bonds. The molecule has 2 aliphatic rings. The maximum atomic E-state index is 13.5. The van der Waals surface area contributed by atoms with E-state index in [-0.39, 0.29) is 17.8 Å². The summed E-state index contributed by atoms with van der Waals surface area (Å²) in [7, 11) is 0. The minimum Gasteiger partial charge on any atom is -0.367 e. The van der Waals surface area contributed by atoms with Crippen LogP contribution in [0, 0.1) is 5.82 Å². The number of hydrogen-bond donors (Lipinski definition) is 2. The number of urea groups is 1. The summed E-state index contributed by atoms with van der Waals surface area (Å²) in [5, 5.41) is 6.25. The van der Waals surface area contributed by atoms with Gasteiger partial charge in [0.05, 0.1) is 5.56 Å². The summed E-state index contributed by atoms with van der Waals surface area (Å²) >= 11 is 6.02. The summed E-state index contributed by atoms with van der Waals surface area (Å²) in [6.45, 7) is 3.44. The van der Waals surface area contributed by atoms with Crippen molar-refractivity contribution in [2.24, 2.45) is 0 Å². The number of benzene rings is 3. The van der Waals surface area contributed by atoms with Gasteiger partial charge in [0, 0.05) is 66.9 Å². The molecule has 0 aliphatic carbocycles. The number of halogens is 2. The Labute approximate surface area is 231 Å². The third-order valence-corrected chi connectivity index (χ3v) is 7.20. The topological polar surface area (TPSA) is 85.0 Å². The molecule has 0 saturated carbocycles. The highest BCUT2D eigenvalue weighted by atomic mass is 35.5. The summed E-state index contributed by atoms with van der Waals surface area (Å²) in [6.07, 6.45) is 1.92. The van der Waals surface area contributed by atoms with Gasteiger partial charge in [-0.15, -0.1) is 0 Å². The van der Waals surface area contributed by atoms with Gasteiger partial charge in [-0.2, -0.15) is 0 Å². The van der Waals surface area contributed by atoms with Crippen LogP contribution in [0.2, 0.25) is 5.02 Å². The van der Waals surface area contributed by atoms with Gasteiger partial charge in [-0.25, -0.2) is 9.18 Å². The van der Waals surface area contributed by atoms with Gasteiger partial charge < -0.3 is 25.3 Å². The number of piperazine rings is 1. The van der Waals surface area contributed by atoms with Crippen LogP contribution in [-0.2, 0) is 0 Å². The van der Waals surface area contributed by atoms with E-state index in [2.05, 4.69) is 15.5 Å². The van der Waals surface area contributed by atoms with E-state index in [1.54, 1.807) is 41.3 Å². The molecule has 3 aromatic carbocycles. The Bertz CT molecular complexity index is 1370. The number of carbonyl (C=O) groups is 3. The maximum absolute atomic E-state index is 13.5. The number of carbonyl (C=O) groups excluding carboxylic acids is 3. The summed E-state index contributed by atoms with van der Waals surface area (Å²) in [5.41, 5.74) is 2.70. The predicted octanol–water partition coefficient (Wildman–Crippen LogP) is 5.32. The van der Waals surface area contributed by atoms with Crippen molar-refractivity contribution >= 4 is 46.5 Å². The van der Waals surface area contributed by atoms with E-state index in [4.69, 9.17) is 11.6 Å². The second kappa shape index (κ2) is 11.7. The zero-order valence-electron chi connectivity index (χ0n) is 21.3. The lowest BCUT2D eigenvalue weighted by atomic mass is 10.1. The fourth-order valence-electron chi connectivity index (χ4n) is 4.88. The Morgan fingerprint density at radius 3 is 2.13 bits per heavy atom. The van der Waals surface area contributed by atoms with E-state index in [1.165, 1.54) is 24.3 Å². The monoisotopic (exact) mass is 549 g/mol. The van der Waals surface area contributed by atoms with Crippen molar-refractivity contribution in [3.63, 3.8) is 0 Å². The van der Waals surface area contributed by atoms with Crippen LogP contribution in [0.3, 0.4) is 0 Å². The van der Waals surface area contributed by atoms with Crippen molar-refractivity contribution in [1.29, 1.82) is 0 Å². The number of anilines is 3. The molecule has 3 aromatic rings. The number of hydrogen-bond acceptors (Lipinski definition) is 4. The van der Waals surface area contributed by atoms with Crippen LogP contribution in [0.25, 0.3) is 0 Å². The largest absolute Gasteiger partial charge is 0.367 e. The molecule has 2 aliphatic heterocycles. The molecule has 202 valence electrons. The molecule has 0 atom stereocenters. The van der Waals surface area contributed by atoms with Crippen molar-refractivity contribution in [2.75, 3.05) is 54.8 Å². The number of amides is 4. The van der Waals surface area contributed by atoms with E-state index in [9.17, 15) is 18.8 Å². The smallest absolute Gasteiger partial charge is 0.321 e. The highest BCUT2D eigenvalue weighted by molar-refractivity contribution is 6.30. The Hall–Kier alpha value is -4.11. The highest BCUT2D eigenvalue weighted by Crippen LogP contribution is 2.29. The molecule has 2 N–H and O–H groups in total. The van der Waals surface area contributed by atoms with Crippen molar-refractivity contribution < 1.29 is 18.8 Å². The van der Waals surface area contributed by atoms with Crippen molar-refractivity contribution in [1.82, 2.24) is 9.80 Å². The Morgan fingerprint density at radius 1 is 0.744 bits per heavy atom. The van der Waals surface area contributed by atoms with Crippen molar-refractivity contribution in [3.8, 4) is 0 Å². The molecule has 0 bridgehead atoms. The summed E-state index contributed by atoms with van der Waals surface area (Å²) in [6, 6.07) is 17.4. The van der Waals surface area contributed by atoms with Crippen molar-refractivity contribution in [2.45, 2.75) is 12.8 Å². The molecule has 0 spiro atoms. The van der Waals surface area contributed by atoms with Gasteiger partial charge in [0.2, 0.25) is 0 Å². The minimum absolute atomic E-state index is 0.0819. The summed E-state index contributed by atoms with van der Waals surface area (Å²) in [4.78, 5) is 44.7. The number of rotatable bonds is 5. The van der Waals surface area contributed by atoms with Gasteiger partial charge in [-0.05, 0) is 73.5 Å². The van der Waals surface area contributed by atoms with Gasteiger partial charge in [-0.3, -0.25) is 9.59 Å². The molecule has 2 heterocycles. The fraction of sp³-hybridized carbons (Fsp3) is 0.276. The first-order valence-electron chi connectivity index (χ1n) is 12.9. The van der Waals surface area contributed by atoms with Crippen LogP contribution in [-0.4, -0.2) is 66.9 Å². The highest BCUT2D eigenvalue weighted by Gasteiger charge is 2.28. The summed E-state index contributed by atoms with van der Waals surface area (Å²) in [5.74, 6) is -0.889. The molecule has 0 aromatic heterocycles. The van der Waals surface area contributed by atoms with Gasteiger partial charge in [0.1, 0.15) is 5.82 Å². The lowest BCUT2D eigenvalue weighted by Crippen LogP contribution is -2.50. The van der Waals surface area contributed by atoms with Crippen LogP contribution >= 0.6 is 11.6 Å².